The van der Waals surface area contributed by atoms with Gasteiger partial charge in [-0.05, 0) is 30.3 Å². The molecule has 3 rings (SSSR count). The summed E-state index contributed by atoms with van der Waals surface area (Å²) >= 11 is 1.30. The summed E-state index contributed by atoms with van der Waals surface area (Å²) in [6.07, 6.45) is 0. The van der Waals surface area contributed by atoms with Gasteiger partial charge in [0.2, 0.25) is 0 Å². The predicted molar refractivity (Wildman–Crippen MR) is 80.1 cm³/mol. The molecule has 0 unspecified atom stereocenters. The molecule has 0 saturated heterocycles. The van der Waals surface area contributed by atoms with Crippen molar-refractivity contribution in [1.82, 2.24) is 10.1 Å². The molecular weight excluding hydrogens is 289 g/mol. The van der Waals surface area contributed by atoms with E-state index < -0.39 is 0 Å². The Morgan fingerprint density at radius 2 is 1.95 bits per heavy atom. The summed E-state index contributed by atoms with van der Waals surface area (Å²) in [6, 6.07) is 14.1. The van der Waals surface area contributed by atoms with Crippen molar-refractivity contribution in [3.8, 4) is 11.5 Å². The number of benzene rings is 2. The molecule has 4 nitrogen and oxygen atoms in total. The van der Waals surface area contributed by atoms with Gasteiger partial charge in [-0.15, -0.1) is 11.8 Å². The zero-order valence-electron chi connectivity index (χ0n) is 11.0. The highest BCUT2D eigenvalue weighted by Gasteiger charge is 2.10. The average Bonchev–Trinajstić information content (AvgIpc) is 2.96. The average molecular weight is 301 g/mol. The molecule has 3 aromatic rings. The summed E-state index contributed by atoms with van der Waals surface area (Å²) in [5.41, 5.74) is 6.78. The Morgan fingerprint density at radius 1 is 1.14 bits per heavy atom. The first kappa shape index (κ1) is 13.6. The first-order chi connectivity index (χ1) is 10.2. The van der Waals surface area contributed by atoms with Crippen LogP contribution in [-0.2, 0) is 5.75 Å². The van der Waals surface area contributed by atoms with Crippen LogP contribution in [-0.4, -0.2) is 10.1 Å². The van der Waals surface area contributed by atoms with E-state index in [4.69, 9.17) is 10.3 Å². The topological polar surface area (TPSA) is 64.9 Å². The van der Waals surface area contributed by atoms with Gasteiger partial charge in [-0.2, -0.15) is 4.98 Å². The fraction of sp³-hybridized carbons (Fsp3) is 0.0667. The van der Waals surface area contributed by atoms with E-state index in [9.17, 15) is 4.39 Å². The zero-order chi connectivity index (χ0) is 14.7. The molecule has 106 valence electrons. The van der Waals surface area contributed by atoms with E-state index in [-0.39, 0.29) is 5.82 Å². The van der Waals surface area contributed by atoms with E-state index in [2.05, 4.69) is 10.1 Å². The highest BCUT2D eigenvalue weighted by Crippen LogP contribution is 2.26. The van der Waals surface area contributed by atoms with Crippen LogP contribution in [0.25, 0.3) is 11.5 Å². The molecular formula is C15H12FN3OS. The van der Waals surface area contributed by atoms with Crippen LogP contribution in [0.1, 0.15) is 5.82 Å². The van der Waals surface area contributed by atoms with Gasteiger partial charge in [0, 0.05) is 16.1 Å². The van der Waals surface area contributed by atoms with E-state index >= 15 is 0 Å². The van der Waals surface area contributed by atoms with Gasteiger partial charge >= 0.3 is 0 Å². The SMILES string of the molecule is Nc1ccc(SCc2noc(-c3ccccc3)n2)c(F)c1. The summed E-state index contributed by atoms with van der Waals surface area (Å²) in [6.45, 7) is 0. The summed E-state index contributed by atoms with van der Waals surface area (Å²) in [5, 5.41) is 3.90. The lowest BCUT2D eigenvalue weighted by Crippen LogP contribution is -1.89. The number of nitrogen functional groups attached to an aromatic ring is 1. The Labute approximate surface area is 125 Å². The van der Waals surface area contributed by atoms with Crippen LogP contribution in [0.3, 0.4) is 0 Å². The van der Waals surface area contributed by atoms with Crippen LogP contribution in [0.15, 0.2) is 57.9 Å². The van der Waals surface area contributed by atoms with E-state index in [0.29, 0.717) is 28.1 Å². The van der Waals surface area contributed by atoms with Crippen LogP contribution in [0.2, 0.25) is 0 Å². The molecule has 0 atom stereocenters. The maximum Gasteiger partial charge on any atom is 0.257 e. The number of hydrogen-bond donors (Lipinski definition) is 1. The van der Waals surface area contributed by atoms with Gasteiger partial charge < -0.3 is 10.3 Å². The van der Waals surface area contributed by atoms with Crippen molar-refractivity contribution in [2.24, 2.45) is 0 Å². The van der Waals surface area contributed by atoms with Gasteiger partial charge in [0.05, 0.1) is 5.75 Å². The third-order valence-electron chi connectivity index (χ3n) is 2.80. The number of aromatic nitrogens is 2. The maximum atomic E-state index is 13.7. The van der Waals surface area contributed by atoms with Crippen LogP contribution in [0.4, 0.5) is 10.1 Å². The molecule has 21 heavy (non-hydrogen) atoms. The van der Waals surface area contributed by atoms with Crippen molar-refractivity contribution in [3.05, 3.63) is 60.2 Å². The smallest absolute Gasteiger partial charge is 0.257 e. The first-order valence-corrected chi connectivity index (χ1v) is 7.27. The summed E-state index contributed by atoms with van der Waals surface area (Å²) < 4.78 is 18.9. The number of hydrogen-bond acceptors (Lipinski definition) is 5. The minimum absolute atomic E-state index is 0.341. The molecule has 0 amide bonds. The summed E-state index contributed by atoms with van der Waals surface area (Å²) in [5.74, 6) is 1.07. The second-order valence-electron chi connectivity index (χ2n) is 4.36. The van der Waals surface area contributed by atoms with Crippen LogP contribution < -0.4 is 5.73 Å². The molecule has 0 aliphatic carbocycles. The number of nitrogens with two attached hydrogens (primary N) is 1. The van der Waals surface area contributed by atoms with Crippen molar-refractivity contribution in [2.45, 2.75) is 10.6 Å². The standard InChI is InChI=1S/C15H12FN3OS/c16-12-8-11(17)6-7-13(12)21-9-14-18-15(20-19-14)10-4-2-1-3-5-10/h1-8H,9,17H2. The number of halogens is 1. The molecule has 0 saturated carbocycles. The Hall–Kier alpha value is -2.34. The van der Waals surface area contributed by atoms with Gasteiger partial charge in [-0.1, -0.05) is 23.4 Å². The van der Waals surface area contributed by atoms with Crippen molar-refractivity contribution in [2.75, 3.05) is 5.73 Å². The van der Waals surface area contributed by atoms with E-state index in [0.717, 1.165) is 5.56 Å². The summed E-state index contributed by atoms with van der Waals surface area (Å²) in [4.78, 5) is 4.81. The molecule has 6 heteroatoms. The number of rotatable bonds is 4. The molecule has 1 aromatic heterocycles. The minimum Gasteiger partial charge on any atom is -0.399 e. The first-order valence-electron chi connectivity index (χ1n) is 6.28. The largest absolute Gasteiger partial charge is 0.399 e. The van der Waals surface area contributed by atoms with Gasteiger partial charge in [0.1, 0.15) is 5.82 Å². The van der Waals surface area contributed by atoms with E-state index in [1.165, 1.54) is 17.8 Å². The Balaban J connectivity index is 1.70. The van der Waals surface area contributed by atoms with Crippen molar-refractivity contribution < 1.29 is 8.91 Å². The monoisotopic (exact) mass is 301 g/mol. The minimum atomic E-state index is -0.341. The molecule has 0 radical (unpaired) electrons. The maximum absolute atomic E-state index is 13.7. The van der Waals surface area contributed by atoms with E-state index in [1.807, 2.05) is 30.3 Å². The lowest BCUT2D eigenvalue weighted by Gasteiger charge is -2.01. The second kappa shape index (κ2) is 5.97. The molecule has 0 spiro atoms. The molecule has 0 aliphatic rings. The second-order valence-corrected chi connectivity index (χ2v) is 5.38. The lowest BCUT2D eigenvalue weighted by molar-refractivity contribution is 0.425. The molecule has 0 fully saturated rings. The Morgan fingerprint density at radius 3 is 2.71 bits per heavy atom. The fourth-order valence-corrected chi connectivity index (χ4v) is 2.55. The fourth-order valence-electron chi connectivity index (χ4n) is 1.79. The summed E-state index contributed by atoms with van der Waals surface area (Å²) in [7, 11) is 0. The van der Waals surface area contributed by atoms with Crippen LogP contribution >= 0.6 is 11.8 Å². The highest BCUT2D eigenvalue weighted by atomic mass is 32.2. The lowest BCUT2D eigenvalue weighted by atomic mass is 10.2. The van der Waals surface area contributed by atoms with E-state index in [1.54, 1.807) is 12.1 Å². The normalized spacial score (nSPS) is 10.7. The van der Waals surface area contributed by atoms with Gasteiger partial charge in [0.25, 0.3) is 5.89 Å². The van der Waals surface area contributed by atoms with Crippen LogP contribution in [0, 0.1) is 5.82 Å². The molecule has 2 N–H and O–H groups in total. The van der Waals surface area contributed by atoms with Gasteiger partial charge in [-0.3, -0.25) is 0 Å². The third kappa shape index (κ3) is 3.22. The zero-order valence-corrected chi connectivity index (χ0v) is 11.8. The molecule has 1 heterocycles. The van der Waals surface area contributed by atoms with Crippen molar-refractivity contribution in [1.29, 1.82) is 0 Å². The number of nitrogens with zero attached hydrogens (tertiary/aromatic N) is 2. The van der Waals surface area contributed by atoms with Crippen LogP contribution in [0.5, 0.6) is 0 Å². The Bertz CT molecular complexity index is 746. The molecule has 0 bridgehead atoms. The number of thioether (sulfide) groups is 1. The highest BCUT2D eigenvalue weighted by molar-refractivity contribution is 7.98. The van der Waals surface area contributed by atoms with Crippen molar-refractivity contribution in [3.63, 3.8) is 0 Å². The third-order valence-corrected chi connectivity index (χ3v) is 3.85. The number of anilines is 1. The molecule has 2 aromatic carbocycles. The quantitative estimate of drug-likeness (QED) is 0.587. The van der Waals surface area contributed by atoms with Crippen molar-refractivity contribution >= 4 is 17.4 Å². The van der Waals surface area contributed by atoms with Gasteiger partial charge in [0.15, 0.2) is 5.82 Å². The predicted octanol–water partition coefficient (Wildman–Crippen LogP) is 3.75. The van der Waals surface area contributed by atoms with Gasteiger partial charge in [-0.25, -0.2) is 4.39 Å². The molecule has 0 aliphatic heterocycles. The Kier molecular flexibility index (Phi) is 3.87.